The molecule has 7 nitrogen and oxygen atoms in total. The monoisotopic (exact) mass is 609 g/mol. The van der Waals surface area contributed by atoms with Crippen LogP contribution in [0.15, 0.2) is 35.3 Å². The van der Waals surface area contributed by atoms with Gasteiger partial charge in [0, 0.05) is 51.6 Å². The number of ether oxygens (including phenoxy) is 1. The van der Waals surface area contributed by atoms with Crippen molar-refractivity contribution in [2.45, 2.75) is 13.1 Å². The third-order valence-electron chi connectivity index (χ3n) is 4.79. The highest BCUT2D eigenvalue weighted by Gasteiger charge is 2.22. The first-order valence-corrected chi connectivity index (χ1v) is 11.0. The van der Waals surface area contributed by atoms with E-state index in [1.165, 1.54) is 11.7 Å². The van der Waals surface area contributed by atoms with E-state index in [0.717, 1.165) is 12.7 Å². The molecule has 2 heterocycles. The molecule has 0 aliphatic carbocycles. The van der Waals surface area contributed by atoms with Crippen LogP contribution < -0.4 is 5.56 Å². The first-order valence-electron chi connectivity index (χ1n) is 8.80. The molecule has 1 aliphatic rings. The summed E-state index contributed by atoms with van der Waals surface area (Å²) in [7, 11) is 1.37. The number of benzene rings is 1. The average molecular weight is 609 g/mol. The lowest BCUT2D eigenvalue weighted by Crippen LogP contribution is -2.48. The molecule has 0 saturated carbocycles. The van der Waals surface area contributed by atoms with Gasteiger partial charge in [-0.2, -0.15) is 0 Å². The number of amides is 1. The van der Waals surface area contributed by atoms with Crippen LogP contribution in [0, 0.1) is 7.14 Å². The van der Waals surface area contributed by atoms with Crippen molar-refractivity contribution in [2.24, 2.45) is 0 Å². The number of carbonyl (C=O) groups is 1. The smallest absolute Gasteiger partial charge is 0.409 e. The molecule has 9 heteroatoms. The SMILES string of the molecule is COC(=O)N1CCN(Cc2ccn(Cc3cccc(I)c3I)c(=O)c2O)CC1. The number of nitrogens with zero attached hydrogens (tertiary/aromatic N) is 3. The Morgan fingerprint density at radius 3 is 2.50 bits per heavy atom. The van der Waals surface area contributed by atoms with Crippen LogP contribution in [0.4, 0.5) is 4.79 Å². The van der Waals surface area contributed by atoms with Crippen molar-refractivity contribution in [2.75, 3.05) is 33.3 Å². The molecular weight excluding hydrogens is 588 g/mol. The number of rotatable bonds is 4. The van der Waals surface area contributed by atoms with Gasteiger partial charge in [-0.25, -0.2) is 4.79 Å². The fourth-order valence-corrected chi connectivity index (χ4v) is 4.25. The molecule has 150 valence electrons. The van der Waals surface area contributed by atoms with Crippen LogP contribution in [-0.4, -0.2) is 58.9 Å². The van der Waals surface area contributed by atoms with Crippen LogP contribution in [0.25, 0.3) is 0 Å². The number of hydrogen-bond acceptors (Lipinski definition) is 5. The van der Waals surface area contributed by atoms with Gasteiger partial charge in [-0.15, -0.1) is 0 Å². The molecule has 1 aliphatic heterocycles. The number of carbonyl (C=O) groups excluding carboxylic acids is 1. The molecule has 28 heavy (non-hydrogen) atoms. The molecule has 0 spiro atoms. The molecule has 1 saturated heterocycles. The van der Waals surface area contributed by atoms with Gasteiger partial charge >= 0.3 is 6.09 Å². The molecule has 3 rings (SSSR count). The third-order valence-corrected chi connectivity index (χ3v) is 8.00. The van der Waals surface area contributed by atoms with Crippen LogP contribution in [0.1, 0.15) is 11.1 Å². The normalized spacial score (nSPS) is 14.9. The largest absolute Gasteiger partial charge is 0.503 e. The standard InChI is InChI=1S/C19H21I2N3O4/c1-28-19(27)23-9-7-22(8-10-23)11-14-5-6-24(18(26)17(14)25)12-13-3-2-4-15(20)16(13)21/h2-6,25H,7-12H2,1H3. The summed E-state index contributed by atoms with van der Waals surface area (Å²) in [5.41, 5.74) is 1.26. The Kier molecular flexibility index (Phi) is 7.20. The molecule has 0 bridgehead atoms. The minimum absolute atomic E-state index is 0.210. The maximum Gasteiger partial charge on any atom is 0.409 e. The second-order valence-corrected chi connectivity index (χ2v) is 8.81. The highest BCUT2D eigenvalue weighted by Crippen LogP contribution is 2.21. The maximum absolute atomic E-state index is 12.6. The minimum atomic E-state index is -0.389. The van der Waals surface area contributed by atoms with Crippen molar-refractivity contribution in [1.29, 1.82) is 0 Å². The van der Waals surface area contributed by atoms with Gasteiger partial charge in [-0.3, -0.25) is 9.69 Å². The van der Waals surface area contributed by atoms with Gasteiger partial charge in [-0.1, -0.05) is 12.1 Å². The van der Waals surface area contributed by atoms with Crippen molar-refractivity contribution in [3.63, 3.8) is 0 Å². The molecule has 2 aromatic rings. The molecule has 0 atom stereocenters. The van der Waals surface area contributed by atoms with Crippen molar-refractivity contribution >= 4 is 51.3 Å². The van der Waals surface area contributed by atoms with Gasteiger partial charge < -0.3 is 19.3 Å². The molecule has 1 fully saturated rings. The van der Waals surface area contributed by atoms with E-state index in [-0.39, 0.29) is 17.4 Å². The van der Waals surface area contributed by atoms with Gasteiger partial charge in [0.1, 0.15) is 0 Å². The summed E-state index contributed by atoms with van der Waals surface area (Å²) in [5, 5.41) is 10.4. The Bertz CT molecular complexity index is 924. The zero-order chi connectivity index (χ0) is 20.3. The Labute approximate surface area is 190 Å². The van der Waals surface area contributed by atoms with Crippen molar-refractivity contribution < 1.29 is 14.6 Å². The van der Waals surface area contributed by atoms with Gasteiger partial charge in [0.05, 0.1) is 13.7 Å². The van der Waals surface area contributed by atoms with Gasteiger partial charge in [0.15, 0.2) is 5.75 Å². The number of hydrogen-bond donors (Lipinski definition) is 1. The third kappa shape index (κ3) is 4.79. The molecule has 0 radical (unpaired) electrons. The topological polar surface area (TPSA) is 75.0 Å². The van der Waals surface area contributed by atoms with Crippen LogP contribution in [0.5, 0.6) is 5.75 Å². The number of pyridine rings is 1. The van der Waals surface area contributed by atoms with Crippen molar-refractivity contribution in [3.05, 3.63) is 59.1 Å². The Morgan fingerprint density at radius 1 is 1.11 bits per heavy atom. The number of piperazine rings is 1. The van der Waals surface area contributed by atoms with E-state index in [2.05, 4.69) is 50.1 Å². The first kappa shape index (κ1) is 21.4. The molecule has 1 N–H and O–H groups in total. The average Bonchev–Trinajstić information content (AvgIpc) is 2.71. The van der Waals surface area contributed by atoms with Crippen LogP contribution >= 0.6 is 45.2 Å². The van der Waals surface area contributed by atoms with E-state index in [4.69, 9.17) is 4.74 Å². The van der Waals surface area contributed by atoms with Crippen LogP contribution in [0.2, 0.25) is 0 Å². The quantitative estimate of drug-likeness (QED) is 0.541. The highest BCUT2D eigenvalue weighted by molar-refractivity contribution is 14.1. The highest BCUT2D eigenvalue weighted by atomic mass is 127. The minimum Gasteiger partial charge on any atom is -0.503 e. The van der Waals surface area contributed by atoms with Gasteiger partial charge in [0.25, 0.3) is 5.56 Å². The van der Waals surface area contributed by atoms with E-state index in [0.29, 0.717) is 44.8 Å². The zero-order valence-corrected chi connectivity index (χ0v) is 19.7. The Morgan fingerprint density at radius 2 is 1.82 bits per heavy atom. The van der Waals surface area contributed by atoms with Crippen LogP contribution in [0.3, 0.4) is 0 Å². The number of methoxy groups -OCH3 is 1. The van der Waals surface area contributed by atoms with Crippen LogP contribution in [-0.2, 0) is 17.8 Å². The summed E-state index contributed by atoms with van der Waals surface area (Å²) in [6.07, 6.45) is 1.41. The number of halogens is 2. The van der Waals surface area contributed by atoms with E-state index < -0.39 is 0 Å². The lowest BCUT2D eigenvalue weighted by Gasteiger charge is -2.33. The zero-order valence-electron chi connectivity index (χ0n) is 15.4. The predicted octanol–water partition coefficient (Wildman–Crippen LogP) is 2.70. The lowest BCUT2D eigenvalue weighted by atomic mass is 10.2. The van der Waals surface area contributed by atoms with E-state index in [9.17, 15) is 14.7 Å². The molecule has 1 amide bonds. The molecule has 1 aromatic heterocycles. The van der Waals surface area contributed by atoms with Gasteiger partial charge in [-0.05, 0) is 62.9 Å². The van der Waals surface area contributed by atoms with E-state index >= 15 is 0 Å². The number of aromatic nitrogens is 1. The van der Waals surface area contributed by atoms with Crippen molar-refractivity contribution in [3.8, 4) is 5.75 Å². The van der Waals surface area contributed by atoms with E-state index in [1.807, 2.05) is 18.2 Å². The molecule has 1 aromatic carbocycles. The second-order valence-electron chi connectivity index (χ2n) is 6.57. The maximum atomic E-state index is 12.6. The summed E-state index contributed by atoms with van der Waals surface area (Å²) in [4.78, 5) is 28.0. The fourth-order valence-electron chi connectivity index (χ4n) is 3.16. The molecule has 0 unspecified atom stereocenters. The lowest BCUT2D eigenvalue weighted by molar-refractivity contribution is 0.0885. The summed E-state index contributed by atoms with van der Waals surface area (Å²) in [5.74, 6) is -0.210. The summed E-state index contributed by atoms with van der Waals surface area (Å²) < 4.78 is 8.51. The Hall–Kier alpha value is -1.34. The second kappa shape index (κ2) is 9.44. The van der Waals surface area contributed by atoms with Gasteiger partial charge in [0.2, 0.25) is 0 Å². The summed E-state index contributed by atoms with van der Waals surface area (Å²) in [6.45, 7) is 3.35. The summed E-state index contributed by atoms with van der Waals surface area (Å²) >= 11 is 4.54. The number of aromatic hydroxyl groups is 1. The predicted molar refractivity (Wildman–Crippen MR) is 123 cm³/mol. The Balaban J connectivity index is 1.70. The first-order chi connectivity index (χ1) is 13.4. The summed E-state index contributed by atoms with van der Waals surface area (Å²) in [6, 6.07) is 7.77. The van der Waals surface area contributed by atoms with Crippen molar-refractivity contribution in [1.82, 2.24) is 14.4 Å². The van der Waals surface area contributed by atoms with E-state index in [1.54, 1.807) is 17.2 Å². The molecular formula is C19H21I2N3O4. The fraction of sp³-hybridized carbons (Fsp3) is 0.368.